The summed E-state index contributed by atoms with van der Waals surface area (Å²) in [6.07, 6.45) is -4.32. The molecular weight excluding hydrogens is 255 g/mol. The number of benzene rings is 1. The highest BCUT2D eigenvalue weighted by molar-refractivity contribution is 5.46. The number of hydrogen-bond donors (Lipinski definition) is 1. The van der Waals surface area contributed by atoms with E-state index in [1.54, 1.807) is 17.8 Å². The second-order valence-electron chi connectivity index (χ2n) is 4.33. The number of rotatable bonds is 3. The monoisotopic (exact) mass is 269 g/mol. The van der Waals surface area contributed by atoms with Crippen molar-refractivity contribution in [2.45, 2.75) is 19.6 Å². The van der Waals surface area contributed by atoms with Crippen LogP contribution in [-0.4, -0.2) is 9.78 Å². The van der Waals surface area contributed by atoms with Crippen LogP contribution in [0.15, 0.2) is 30.3 Å². The molecule has 0 fully saturated rings. The molecule has 2 rings (SSSR count). The van der Waals surface area contributed by atoms with E-state index >= 15 is 0 Å². The minimum atomic E-state index is -4.32. The molecule has 1 N–H and O–H groups in total. The number of anilines is 1. The standard InChI is InChI=1S/C13H14F3N3/c1-9-6-12(19(2)18-9)8-17-11-5-3-4-10(7-11)13(14,15)16/h3-7,17H,8H2,1-2H3. The zero-order valence-electron chi connectivity index (χ0n) is 10.6. The van der Waals surface area contributed by atoms with E-state index in [2.05, 4.69) is 10.4 Å². The lowest BCUT2D eigenvalue weighted by atomic mass is 10.2. The predicted octanol–water partition coefficient (Wildman–Crippen LogP) is 3.36. The SMILES string of the molecule is Cc1cc(CNc2cccc(C(F)(F)F)c2)n(C)n1. The van der Waals surface area contributed by atoms with Crippen molar-refractivity contribution in [3.63, 3.8) is 0 Å². The molecule has 0 unspecified atom stereocenters. The number of nitrogens with one attached hydrogen (secondary N) is 1. The van der Waals surface area contributed by atoms with Crippen molar-refractivity contribution < 1.29 is 13.2 Å². The molecule has 0 amide bonds. The fraction of sp³-hybridized carbons (Fsp3) is 0.308. The van der Waals surface area contributed by atoms with Gasteiger partial charge in [-0.05, 0) is 31.2 Å². The van der Waals surface area contributed by atoms with E-state index < -0.39 is 11.7 Å². The van der Waals surface area contributed by atoms with Crippen LogP contribution >= 0.6 is 0 Å². The number of aryl methyl sites for hydroxylation is 2. The summed E-state index contributed by atoms with van der Waals surface area (Å²) in [5.41, 5.74) is 1.57. The third-order valence-electron chi connectivity index (χ3n) is 2.76. The Balaban J connectivity index is 2.10. The number of aromatic nitrogens is 2. The van der Waals surface area contributed by atoms with Gasteiger partial charge in [0, 0.05) is 12.7 Å². The Bertz CT molecular complexity index is 573. The predicted molar refractivity (Wildman–Crippen MR) is 66.7 cm³/mol. The highest BCUT2D eigenvalue weighted by Gasteiger charge is 2.30. The van der Waals surface area contributed by atoms with Crippen LogP contribution in [0.5, 0.6) is 0 Å². The van der Waals surface area contributed by atoms with Gasteiger partial charge in [0.25, 0.3) is 0 Å². The lowest BCUT2D eigenvalue weighted by Gasteiger charge is -2.10. The van der Waals surface area contributed by atoms with Gasteiger partial charge in [0.15, 0.2) is 0 Å². The summed E-state index contributed by atoms with van der Waals surface area (Å²) in [5, 5.41) is 7.14. The van der Waals surface area contributed by atoms with Crippen LogP contribution in [0.2, 0.25) is 0 Å². The van der Waals surface area contributed by atoms with Gasteiger partial charge in [0.05, 0.1) is 23.5 Å². The summed E-state index contributed by atoms with van der Waals surface area (Å²) in [6, 6.07) is 7.04. The zero-order valence-corrected chi connectivity index (χ0v) is 10.6. The van der Waals surface area contributed by atoms with E-state index in [-0.39, 0.29) is 0 Å². The fourth-order valence-corrected chi connectivity index (χ4v) is 1.83. The highest BCUT2D eigenvalue weighted by Crippen LogP contribution is 2.30. The van der Waals surface area contributed by atoms with Crippen LogP contribution in [0.25, 0.3) is 0 Å². The molecule has 102 valence electrons. The van der Waals surface area contributed by atoms with Crippen molar-refractivity contribution in [1.29, 1.82) is 0 Å². The number of hydrogen-bond acceptors (Lipinski definition) is 2. The van der Waals surface area contributed by atoms with Crippen molar-refractivity contribution in [2.24, 2.45) is 7.05 Å². The third-order valence-corrected chi connectivity index (χ3v) is 2.76. The van der Waals surface area contributed by atoms with E-state index in [1.165, 1.54) is 6.07 Å². The molecule has 0 saturated carbocycles. The van der Waals surface area contributed by atoms with E-state index in [1.807, 2.05) is 13.0 Å². The molecule has 3 nitrogen and oxygen atoms in total. The van der Waals surface area contributed by atoms with E-state index in [9.17, 15) is 13.2 Å². The quantitative estimate of drug-likeness (QED) is 0.926. The molecular formula is C13H14F3N3. The fourth-order valence-electron chi connectivity index (χ4n) is 1.83. The molecule has 1 heterocycles. The van der Waals surface area contributed by atoms with E-state index in [0.29, 0.717) is 12.2 Å². The molecule has 0 radical (unpaired) electrons. The van der Waals surface area contributed by atoms with E-state index in [0.717, 1.165) is 23.5 Å². The van der Waals surface area contributed by atoms with Crippen LogP contribution in [0.1, 0.15) is 17.0 Å². The van der Waals surface area contributed by atoms with Gasteiger partial charge in [-0.1, -0.05) is 6.07 Å². The Labute approximate surface area is 109 Å². The highest BCUT2D eigenvalue weighted by atomic mass is 19.4. The van der Waals surface area contributed by atoms with Gasteiger partial charge in [-0.25, -0.2) is 0 Å². The summed E-state index contributed by atoms with van der Waals surface area (Å²) in [5.74, 6) is 0. The first-order valence-corrected chi connectivity index (χ1v) is 5.77. The summed E-state index contributed by atoms with van der Waals surface area (Å²) in [7, 11) is 1.80. The zero-order chi connectivity index (χ0) is 14.0. The lowest BCUT2D eigenvalue weighted by molar-refractivity contribution is -0.137. The molecule has 0 saturated heterocycles. The van der Waals surface area contributed by atoms with Crippen molar-refractivity contribution in [3.8, 4) is 0 Å². The average molecular weight is 269 g/mol. The van der Waals surface area contributed by atoms with Gasteiger partial charge in [-0.2, -0.15) is 18.3 Å². The van der Waals surface area contributed by atoms with Gasteiger partial charge in [0.1, 0.15) is 0 Å². The molecule has 19 heavy (non-hydrogen) atoms. The molecule has 0 aliphatic heterocycles. The Morgan fingerprint density at radius 2 is 2.00 bits per heavy atom. The maximum atomic E-state index is 12.6. The number of alkyl halides is 3. The van der Waals surface area contributed by atoms with Crippen molar-refractivity contribution in [2.75, 3.05) is 5.32 Å². The molecule has 0 spiro atoms. The topological polar surface area (TPSA) is 29.9 Å². The minimum Gasteiger partial charge on any atom is -0.379 e. The maximum Gasteiger partial charge on any atom is 0.416 e. The summed E-state index contributed by atoms with van der Waals surface area (Å²) in [6.45, 7) is 2.30. The first kappa shape index (κ1) is 13.5. The Hall–Kier alpha value is -1.98. The van der Waals surface area contributed by atoms with Crippen molar-refractivity contribution >= 4 is 5.69 Å². The lowest BCUT2D eigenvalue weighted by Crippen LogP contribution is -2.08. The van der Waals surface area contributed by atoms with Crippen molar-refractivity contribution in [1.82, 2.24) is 9.78 Å². The third kappa shape index (κ3) is 3.27. The molecule has 0 aliphatic rings. The van der Waals surface area contributed by atoms with Crippen LogP contribution in [-0.2, 0) is 19.8 Å². The summed E-state index contributed by atoms with van der Waals surface area (Å²) >= 11 is 0. The van der Waals surface area contributed by atoms with Crippen LogP contribution in [0.3, 0.4) is 0 Å². The first-order valence-electron chi connectivity index (χ1n) is 5.77. The van der Waals surface area contributed by atoms with Gasteiger partial charge >= 0.3 is 6.18 Å². The van der Waals surface area contributed by atoms with E-state index in [4.69, 9.17) is 0 Å². The van der Waals surface area contributed by atoms with Crippen LogP contribution < -0.4 is 5.32 Å². The average Bonchev–Trinajstić information content (AvgIpc) is 2.64. The summed E-state index contributed by atoms with van der Waals surface area (Å²) in [4.78, 5) is 0. The van der Waals surface area contributed by atoms with Gasteiger partial charge in [-0.15, -0.1) is 0 Å². The van der Waals surface area contributed by atoms with Gasteiger partial charge in [0.2, 0.25) is 0 Å². The van der Waals surface area contributed by atoms with Gasteiger partial charge in [-0.3, -0.25) is 4.68 Å². The normalized spacial score (nSPS) is 11.6. The Morgan fingerprint density at radius 1 is 1.26 bits per heavy atom. The maximum absolute atomic E-state index is 12.6. The Kier molecular flexibility index (Phi) is 3.50. The first-order chi connectivity index (χ1) is 8.86. The number of nitrogens with zero attached hydrogens (tertiary/aromatic N) is 2. The molecule has 0 aliphatic carbocycles. The molecule has 1 aromatic carbocycles. The molecule has 1 aromatic heterocycles. The second-order valence-corrected chi connectivity index (χ2v) is 4.33. The second kappa shape index (κ2) is 4.95. The van der Waals surface area contributed by atoms with Crippen LogP contribution in [0.4, 0.5) is 18.9 Å². The van der Waals surface area contributed by atoms with Crippen LogP contribution in [0, 0.1) is 6.92 Å². The number of halogens is 3. The molecule has 6 heteroatoms. The smallest absolute Gasteiger partial charge is 0.379 e. The molecule has 0 bridgehead atoms. The summed E-state index contributed by atoms with van der Waals surface area (Å²) < 4.78 is 39.4. The Morgan fingerprint density at radius 3 is 2.58 bits per heavy atom. The molecule has 0 atom stereocenters. The largest absolute Gasteiger partial charge is 0.416 e. The molecule has 2 aromatic rings. The minimum absolute atomic E-state index is 0.429. The van der Waals surface area contributed by atoms with Crippen molar-refractivity contribution in [3.05, 3.63) is 47.3 Å². The van der Waals surface area contributed by atoms with Gasteiger partial charge < -0.3 is 5.32 Å².